The molecular weight excluding hydrogens is 428 g/mol. The summed E-state index contributed by atoms with van der Waals surface area (Å²) >= 11 is 6.77. The Balaban J connectivity index is 2.03. The molecule has 0 aromatic heterocycles. The first kappa shape index (κ1) is 17.6. The molecule has 0 bridgehead atoms. The van der Waals surface area contributed by atoms with Crippen LogP contribution in [0.2, 0.25) is 0 Å². The van der Waals surface area contributed by atoms with Crippen LogP contribution < -0.4 is 20.1 Å². The molecule has 0 radical (unpaired) electrons. The standard InChI is InChI=1S/C16H16Br2N2O3/c1-22-14-5-3-4-10(15(14)23-2)9-19-16(21)20-13-8-11(17)6-7-12(13)18/h3-8H,9H2,1-2H3,(H2,19,20,21). The van der Waals surface area contributed by atoms with Crippen LogP contribution in [0, 0.1) is 0 Å². The summed E-state index contributed by atoms with van der Waals surface area (Å²) in [6, 6.07) is 10.8. The number of anilines is 1. The van der Waals surface area contributed by atoms with Gasteiger partial charge in [-0.25, -0.2) is 4.79 Å². The minimum atomic E-state index is -0.311. The summed E-state index contributed by atoms with van der Waals surface area (Å²) in [7, 11) is 3.15. The number of urea groups is 1. The van der Waals surface area contributed by atoms with E-state index in [1.807, 2.05) is 30.3 Å². The van der Waals surface area contributed by atoms with Crippen molar-refractivity contribution in [2.45, 2.75) is 6.54 Å². The van der Waals surface area contributed by atoms with Crippen LogP contribution in [0.25, 0.3) is 0 Å². The number of rotatable bonds is 5. The van der Waals surface area contributed by atoms with Crippen LogP contribution in [-0.2, 0) is 6.54 Å². The maximum atomic E-state index is 12.1. The second-order valence-corrected chi connectivity index (χ2v) is 6.35. The molecule has 2 rings (SSSR count). The molecule has 2 aromatic carbocycles. The van der Waals surface area contributed by atoms with Crippen LogP contribution in [0.4, 0.5) is 10.5 Å². The van der Waals surface area contributed by atoms with Crippen molar-refractivity contribution in [1.29, 1.82) is 0 Å². The van der Waals surface area contributed by atoms with Gasteiger partial charge in [-0.05, 0) is 40.2 Å². The Labute approximate surface area is 151 Å². The van der Waals surface area contributed by atoms with Gasteiger partial charge in [-0.15, -0.1) is 0 Å². The van der Waals surface area contributed by atoms with Gasteiger partial charge in [-0.1, -0.05) is 28.1 Å². The Morgan fingerprint density at radius 2 is 1.91 bits per heavy atom. The Morgan fingerprint density at radius 3 is 2.61 bits per heavy atom. The molecule has 0 atom stereocenters. The van der Waals surface area contributed by atoms with E-state index in [0.29, 0.717) is 23.7 Å². The van der Waals surface area contributed by atoms with Crippen LogP contribution in [0.1, 0.15) is 5.56 Å². The minimum Gasteiger partial charge on any atom is -0.493 e. The average molecular weight is 444 g/mol. The smallest absolute Gasteiger partial charge is 0.319 e. The highest BCUT2D eigenvalue weighted by atomic mass is 79.9. The van der Waals surface area contributed by atoms with Gasteiger partial charge in [0.25, 0.3) is 0 Å². The number of carbonyl (C=O) groups excluding carboxylic acids is 1. The zero-order valence-electron chi connectivity index (χ0n) is 12.7. The van der Waals surface area contributed by atoms with Crippen molar-refractivity contribution < 1.29 is 14.3 Å². The molecule has 0 saturated carbocycles. The Kier molecular flexibility index (Phi) is 6.29. The first-order valence-corrected chi connectivity index (χ1v) is 8.33. The van der Waals surface area contributed by atoms with Crippen molar-refractivity contribution in [3.63, 3.8) is 0 Å². The highest BCUT2D eigenvalue weighted by molar-refractivity contribution is 9.11. The molecule has 0 aliphatic rings. The SMILES string of the molecule is COc1cccc(CNC(=O)Nc2cc(Br)ccc2Br)c1OC. The Bertz CT molecular complexity index is 708. The zero-order chi connectivity index (χ0) is 16.8. The van der Waals surface area contributed by atoms with Gasteiger partial charge in [0.15, 0.2) is 11.5 Å². The number of halogens is 2. The lowest BCUT2D eigenvalue weighted by Crippen LogP contribution is -2.28. The van der Waals surface area contributed by atoms with Crippen LogP contribution in [0.5, 0.6) is 11.5 Å². The number of carbonyl (C=O) groups is 1. The number of para-hydroxylation sites is 1. The lowest BCUT2D eigenvalue weighted by Gasteiger charge is -2.14. The maximum Gasteiger partial charge on any atom is 0.319 e. The third-order valence-corrected chi connectivity index (χ3v) is 4.29. The summed E-state index contributed by atoms with van der Waals surface area (Å²) in [5, 5.41) is 5.59. The molecule has 2 aromatic rings. The summed E-state index contributed by atoms with van der Waals surface area (Å²) in [4.78, 5) is 12.1. The fourth-order valence-corrected chi connectivity index (χ4v) is 2.74. The molecule has 0 heterocycles. The van der Waals surface area contributed by atoms with Crippen LogP contribution in [-0.4, -0.2) is 20.3 Å². The van der Waals surface area contributed by atoms with Gasteiger partial charge < -0.3 is 20.1 Å². The summed E-state index contributed by atoms with van der Waals surface area (Å²) in [5.74, 6) is 1.24. The zero-order valence-corrected chi connectivity index (χ0v) is 15.8. The second kappa shape index (κ2) is 8.21. The predicted molar refractivity (Wildman–Crippen MR) is 97.2 cm³/mol. The van der Waals surface area contributed by atoms with Crippen molar-refractivity contribution in [1.82, 2.24) is 5.32 Å². The summed E-state index contributed by atoms with van der Waals surface area (Å²) in [6.07, 6.45) is 0. The van der Waals surface area contributed by atoms with Gasteiger partial charge in [-0.2, -0.15) is 0 Å². The molecule has 0 aliphatic heterocycles. The topological polar surface area (TPSA) is 59.6 Å². The number of amides is 2. The second-order valence-electron chi connectivity index (χ2n) is 4.58. The number of nitrogens with one attached hydrogen (secondary N) is 2. The first-order chi connectivity index (χ1) is 11.0. The Hall–Kier alpha value is -1.73. The average Bonchev–Trinajstić information content (AvgIpc) is 2.55. The summed E-state index contributed by atoms with van der Waals surface area (Å²) in [6.45, 7) is 0.317. The molecule has 0 fully saturated rings. The summed E-state index contributed by atoms with van der Waals surface area (Å²) in [5.41, 5.74) is 1.50. The van der Waals surface area contributed by atoms with Gasteiger partial charge in [0.05, 0.1) is 19.9 Å². The normalized spacial score (nSPS) is 10.1. The van der Waals surface area contributed by atoms with Gasteiger partial charge >= 0.3 is 6.03 Å². The van der Waals surface area contributed by atoms with Gasteiger partial charge in [0.2, 0.25) is 0 Å². The quantitative estimate of drug-likeness (QED) is 0.712. The third-order valence-electron chi connectivity index (χ3n) is 3.10. The van der Waals surface area contributed by atoms with Gasteiger partial charge in [0.1, 0.15) is 0 Å². The van der Waals surface area contributed by atoms with E-state index in [0.717, 1.165) is 14.5 Å². The van der Waals surface area contributed by atoms with Crippen molar-refractivity contribution in [2.24, 2.45) is 0 Å². The van der Waals surface area contributed by atoms with E-state index in [1.54, 1.807) is 20.3 Å². The van der Waals surface area contributed by atoms with Crippen molar-refractivity contribution in [3.8, 4) is 11.5 Å². The molecule has 0 spiro atoms. The number of hydrogen-bond acceptors (Lipinski definition) is 3. The predicted octanol–water partition coefficient (Wildman–Crippen LogP) is 4.55. The van der Waals surface area contributed by atoms with Crippen molar-refractivity contribution in [2.75, 3.05) is 19.5 Å². The molecule has 0 aliphatic carbocycles. The van der Waals surface area contributed by atoms with Crippen LogP contribution in [0.15, 0.2) is 45.3 Å². The first-order valence-electron chi connectivity index (χ1n) is 6.75. The van der Waals surface area contributed by atoms with E-state index < -0.39 is 0 Å². The van der Waals surface area contributed by atoms with Crippen LogP contribution in [0.3, 0.4) is 0 Å². The van der Waals surface area contributed by atoms with E-state index in [9.17, 15) is 4.79 Å². The highest BCUT2D eigenvalue weighted by Crippen LogP contribution is 2.30. The van der Waals surface area contributed by atoms with Crippen LogP contribution >= 0.6 is 31.9 Å². The lowest BCUT2D eigenvalue weighted by molar-refractivity contribution is 0.251. The minimum absolute atomic E-state index is 0.311. The molecule has 0 unspecified atom stereocenters. The van der Waals surface area contributed by atoms with E-state index in [4.69, 9.17) is 9.47 Å². The van der Waals surface area contributed by atoms with E-state index in [-0.39, 0.29) is 6.03 Å². The van der Waals surface area contributed by atoms with E-state index in [2.05, 4.69) is 42.5 Å². The molecule has 7 heteroatoms. The van der Waals surface area contributed by atoms with E-state index >= 15 is 0 Å². The lowest BCUT2D eigenvalue weighted by atomic mass is 10.2. The maximum absolute atomic E-state index is 12.1. The number of methoxy groups -OCH3 is 2. The summed E-state index contributed by atoms with van der Waals surface area (Å²) < 4.78 is 12.3. The largest absolute Gasteiger partial charge is 0.493 e. The Morgan fingerprint density at radius 1 is 1.13 bits per heavy atom. The molecule has 2 N–H and O–H groups in total. The molecule has 2 amide bonds. The third kappa shape index (κ3) is 4.62. The fourth-order valence-electron chi connectivity index (χ4n) is 2.03. The fraction of sp³-hybridized carbons (Fsp3) is 0.188. The molecule has 0 saturated heterocycles. The van der Waals surface area contributed by atoms with Gasteiger partial charge in [0, 0.05) is 21.1 Å². The molecular formula is C16H16Br2N2O3. The van der Waals surface area contributed by atoms with E-state index in [1.165, 1.54) is 0 Å². The number of hydrogen-bond donors (Lipinski definition) is 2. The molecule has 122 valence electrons. The number of ether oxygens (including phenoxy) is 2. The monoisotopic (exact) mass is 442 g/mol. The molecule has 23 heavy (non-hydrogen) atoms. The van der Waals surface area contributed by atoms with Crippen molar-refractivity contribution >= 4 is 43.6 Å². The molecule has 5 nitrogen and oxygen atoms in total. The highest BCUT2D eigenvalue weighted by Gasteiger charge is 2.11. The van der Waals surface area contributed by atoms with Crippen molar-refractivity contribution in [3.05, 3.63) is 50.9 Å². The van der Waals surface area contributed by atoms with Gasteiger partial charge in [-0.3, -0.25) is 0 Å². The number of benzene rings is 2.